The molecule has 0 amide bonds. The van der Waals surface area contributed by atoms with Gasteiger partial charge in [0.05, 0.1) is 34.4 Å². The fraction of sp³-hybridized carbons (Fsp3) is 0.167. The summed E-state index contributed by atoms with van der Waals surface area (Å²) in [5.41, 5.74) is 3.95. The normalized spacial score (nSPS) is 11.6. The Morgan fingerprint density at radius 2 is 1.97 bits per heavy atom. The molecule has 0 spiro atoms. The van der Waals surface area contributed by atoms with E-state index in [0.29, 0.717) is 28.4 Å². The van der Waals surface area contributed by atoms with Crippen molar-refractivity contribution in [3.8, 4) is 23.1 Å². The second kappa shape index (κ2) is 8.79. The summed E-state index contributed by atoms with van der Waals surface area (Å²) >= 11 is 0. The van der Waals surface area contributed by atoms with Crippen LogP contribution in [0, 0.1) is 25.2 Å². The molecular formula is C24H19F2N9O. The number of alkyl halides is 2. The van der Waals surface area contributed by atoms with Crippen LogP contribution in [0.3, 0.4) is 0 Å². The average Bonchev–Trinajstić information content (AvgIpc) is 3.43. The van der Waals surface area contributed by atoms with Gasteiger partial charge in [0.2, 0.25) is 0 Å². The van der Waals surface area contributed by atoms with Gasteiger partial charge in [-0.15, -0.1) is 5.10 Å². The summed E-state index contributed by atoms with van der Waals surface area (Å²) in [6, 6.07) is 14.1. The van der Waals surface area contributed by atoms with Gasteiger partial charge in [0.15, 0.2) is 11.5 Å². The first kappa shape index (κ1) is 23.0. The van der Waals surface area contributed by atoms with Gasteiger partial charge in [0.25, 0.3) is 0 Å². The predicted molar refractivity (Wildman–Crippen MR) is 127 cm³/mol. The van der Waals surface area contributed by atoms with E-state index in [-0.39, 0.29) is 17.0 Å². The highest BCUT2D eigenvalue weighted by molar-refractivity contribution is 5.82. The number of halogens is 2. The number of aryl methyl sites for hydroxylation is 2. The van der Waals surface area contributed by atoms with Crippen LogP contribution >= 0.6 is 0 Å². The van der Waals surface area contributed by atoms with Crippen LogP contribution in [0.4, 0.5) is 20.3 Å². The van der Waals surface area contributed by atoms with Gasteiger partial charge in [-0.1, -0.05) is 6.07 Å². The molecule has 5 rings (SSSR count). The minimum atomic E-state index is -3.95. The zero-order chi connectivity index (χ0) is 25.4. The molecule has 12 heteroatoms. The topological polar surface area (TPSA) is 141 Å². The molecule has 10 nitrogen and oxygen atoms in total. The highest BCUT2D eigenvalue weighted by atomic mass is 19.3. The maximum atomic E-state index is 13.5. The van der Waals surface area contributed by atoms with Gasteiger partial charge in [-0.3, -0.25) is 9.67 Å². The second-order valence-corrected chi connectivity index (χ2v) is 8.21. The number of fused-ring (bicyclic) bond motifs is 1. The van der Waals surface area contributed by atoms with Gasteiger partial charge >= 0.3 is 6.11 Å². The Labute approximate surface area is 203 Å². The summed E-state index contributed by atoms with van der Waals surface area (Å²) < 4.78 is 28.7. The van der Waals surface area contributed by atoms with E-state index in [1.165, 1.54) is 6.07 Å². The van der Waals surface area contributed by atoms with Gasteiger partial charge in [-0.2, -0.15) is 24.2 Å². The van der Waals surface area contributed by atoms with Crippen molar-refractivity contribution in [1.82, 2.24) is 34.9 Å². The summed E-state index contributed by atoms with van der Waals surface area (Å²) in [7, 11) is 0. The lowest BCUT2D eigenvalue weighted by Gasteiger charge is -2.14. The van der Waals surface area contributed by atoms with E-state index < -0.39 is 12.5 Å². The third kappa shape index (κ3) is 4.47. The number of anilines is 2. The number of benzene rings is 1. The van der Waals surface area contributed by atoms with E-state index in [9.17, 15) is 14.0 Å². The van der Waals surface area contributed by atoms with Crippen LogP contribution in [0.1, 0.15) is 22.6 Å². The molecule has 36 heavy (non-hydrogen) atoms. The molecule has 3 N–H and O–H groups in total. The van der Waals surface area contributed by atoms with Crippen LogP contribution in [-0.2, 0) is 6.42 Å². The molecule has 0 saturated heterocycles. The van der Waals surface area contributed by atoms with Crippen molar-refractivity contribution in [3.05, 3.63) is 71.4 Å². The first-order chi connectivity index (χ1) is 17.2. The van der Waals surface area contributed by atoms with Crippen LogP contribution in [0.2, 0.25) is 0 Å². The number of rotatable bonds is 6. The molecule has 0 saturated carbocycles. The lowest BCUT2D eigenvalue weighted by atomic mass is 10.0. The largest absolute Gasteiger partial charge is 0.357 e. The van der Waals surface area contributed by atoms with Gasteiger partial charge in [-0.25, -0.2) is 9.97 Å². The van der Waals surface area contributed by atoms with Crippen molar-refractivity contribution in [2.45, 2.75) is 26.4 Å². The molecule has 0 bridgehead atoms. The van der Waals surface area contributed by atoms with Crippen LogP contribution < -0.4 is 5.32 Å². The SMILES string of the molecule is Cc1ccc(Nc2ccc3c(c2)ncn3-c2ccc(CC(O)(F)F)c(-c3c(C#N)n[nH]c3C)n2)nn1. The number of pyridine rings is 1. The van der Waals surface area contributed by atoms with Gasteiger partial charge in [-0.05, 0) is 55.8 Å². The van der Waals surface area contributed by atoms with E-state index >= 15 is 0 Å². The monoisotopic (exact) mass is 487 g/mol. The van der Waals surface area contributed by atoms with Crippen LogP contribution in [0.15, 0.2) is 48.8 Å². The summed E-state index contributed by atoms with van der Waals surface area (Å²) in [5, 5.41) is 36.5. The zero-order valence-corrected chi connectivity index (χ0v) is 19.2. The molecule has 0 aliphatic carbocycles. The van der Waals surface area contributed by atoms with Crippen molar-refractivity contribution >= 4 is 22.5 Å². The predicted octanol–water partition coefficient (Wildman–Crippen LogP) is 3.96. The van der Waals surface area contributed by atoms with E-state index in [2.05, 4.69) is 35.7 Å². The van der Waals surface area contributed by atoms with Crippen molar-refractivity contribution in [2.24, 2.45) is 0 Å². The highest BCUT2D eigenvalue weighted by Crippen LogP contribution is 2.32. The van der Waals surface area contributed by atoms with Crippen molar-refractivity contribution in [3.63, 3.8) is 0 Å². The summed E-state index contributed by atoms with van der Waals surface area (Å²) in [6.45, 7) is 3.52. The number of nitrogens with one attached hydrogen (secondary N) is 2. The highest BCUT2D eigenvalue weighted by Gasteiger charge is 2.29. The Kier molecular flexibility index (Phi) is 5.62. The molecule has 4 heterocycles. The van der Waals surface area contributed by atoms with Gasteiger partial charge < -0.3 is 10.4 Å². The van der Waals surface area contributed by atoms with E-state index in [1.807, 2.05) is 43.3 Å². The molecule has 0 fully saturated rings. The molecule has 0 radical (unpaired) electrons. The zero-order valence-electron chi connectivity index (χ0n) is 19.2. The Hall–Kier alpha value is -4.76. The number of aliphatic hydroxyl groups is 1. The second-order valence-electron chi connectivity index (χ2n) is 8.21. The molecule has 180 valence electrons. The van der Waals surface area contributed by atoms with Crippen LogP contribution in [0.5, 0.6) is 0 Å². The maximum absolute atomic E-state index is 13.5. The minimum Gasteiger partial charge on any atom is -0.339 e. The number of aromatic amines is 1. The molecule has 0 atom stereocenters. The number of aromatic nitrogens is 7. The molecule has 5 aromatic rings. The van der Waals surface area contributed by atoms with E-state index in [4.69, 9.17) is 5.11 Å². The number of nitrogens with zero attached hydrogens (tertiary/aromatic N) is 7. The fourth-order valence-electron chi connectivity index (χ4n) is 3.89. The minimum absolute atomic E-state index is 0.0186. The lowest BCUT2D eigenvalue weighted by molar-refractivity contribution is -0.196. The summed E-state index contributed by atoms with van der Waals surface area (Å²) in [4.78, 5) is 9.05. The molecule has 1 aromatic carbocycles. The quantitative estimate of drug-likeness (QED) is 0.327. The molecule has 0 aliphatic heterocycles. The Morgan fingerprint density at radius 1 is 1.14 bits per heavy atom. The summed E-state index contributed by atoms with van der Waals surface area (Å²) in [5.74, 6) is 0.984. The maximum Gasteiger partial charge on any atom is 0.357 e. The lowest BCUT2D eigenvalue weighted by Crippen LogP contribution is -2.19. The Bertz CT molecular complexity index is 1610. The number of hydrogen-bond donors (Lipinski definition) is 3. The smallest absolute Gasteiger partial charge is 0.339 e. The molecule has 0 unspecified atom stereocenters. The number of nitriles is 1. The van der Waals surface area contributed by atoms with Crippen molar-refractivity contribution < 1.29 is 13.9 Å². The van der Waals surface area contributed by atoms with Gasteiger partial charge in [0, 0.05) is 11.4 Å². The summed E-state index contributed by atoms with van der Waals surface area (Å²) in [6.07, 6.45) is -3.35. The first-order valence-electron chi connectivity index (χ1n) is 10.8. The van der Waals surface area contributed by atoms with Crippen LogP contribution in [0.25, 0.3) is 28.1 Å². The third-order valence-electron chi connectivity index (χ3n) is 5.52. The third-order valence-corrected chi connectivity index (χ3v) is 5.52. The van der Waals surface area contributed by atoms with E-state index in [0.717, 1.165) is 16.9 Å². The standard InChI is InChI=1S/C24H19F2N9O/c1-13-3-7-20(34-31-13)29-16-5-6-19-17(9-16)28-12-35(19)21-8-4-15(10-24(25,26)36)23(30-21)22-14(2)32-33-18(22)11-27/h3-9,12,36H,10H2,1-2H3,(H,29,34)(H,32,33). The number of hydrogen-bond acceptors (Lipinski definition) is 8. The Morgan fingerprint density at radius 3 is 2.69 bits per heavy atom. The Balaban J connectivity index is 1.57. The van der Waals surface area contributed by atoms with Gasteiger partial charge in [0.1, 0.15) is 18.2 Å². The van der Waals surface area contributed by atoms with Crippen molar-refractivity contribution in [2.75, 3.05) is 5.32 Å². The first-order valence-corrected chi connectivity index (χ1v) is 10.8. The fourth-order valence-corrected chi connectivity index (χ4v) is 3.89. The average molecular weight is 487 g/mol. The number of H-pyrrole nitrogens is 1. The van der Waals surface area contributed by atoms with E-state index in [1.54, 1.807) is 23.9 Å². The van der Waals surface area contributed by atoms with Crippen LogP contribution in [-0.4, -0.2) is 46.1 Å². The molecule has 0 aliphatic rings. The van der Waals surface area contributed by atoms with Crippen molar-refractivity contribution in [1.29, 1.82) is 5.26 Å². The number of imidazole rings is 1. The molecular weight excluding hydrogens is 468 g/mol. The molecule has 4 aromatic heterocycles.